The molecule has 3 aromatic rings. The van der Waals surface area contributed by atoms with Crippen molar-refractivity contribution in [2.75, 3.05) is 7.11 Å². The molecule has 3 rings (SSSR count). The van der Waals surface area contributed by atoms with Gasteiger partial charge in [-0.05, 0) is 19.1 Å². The molecule has 21 heavy (non-hydrogen) atoms. The van der Waals surface area contributed by atoms with Crippen LogP contribution in [-0.2, 0) is 4.74 Å². The van der Waals surface area contributed by atoms with Gasteiger partial charge in [0, 0.05) is 7.11 Å². The molecule has 0 bridgehead atoms. The molecule has 0 saturated heterocycles. The lowest BCUT2D eigenvalue weighted by Crippen LogP contribution is -2.14. The van der Waals surface area contributed by atoms with Crippen molar-refractivity contribution < 1.29 is 9.47 Å². The number of benzene rings is 1. The van der Waals surface area contributed by atoms with Crippen LogP contribution in [0.4, 0.5) is 0 Å². The van der Waals surface area contributed by atoms with Crippen LogP contribution < -0.4 is 10.3 Å². The zero-order valence-corrected chi connectivity index (χ0v) is 11.6. The lowest BCUT2D eigenvalue weighted by molar-refractivity contribution is -0.0383. The first-order valence-corrected chi connectivity index (χ1v) is 6.41. The Morgan fingerprint density at radius 1 is 1.33 bits per heavy atom. The van der Waals surface area contributed by atoms with E-state index in [4.69, 9.17) is 9.47 Å². The smallest absolute Gasteiger partial charge is 0.260 e. The van der Waals surface area contributed by atoms with Gasteiger partial charge in [0.05, 0.1) is 23.3 Å². The summed E-state index contributed by atoms with van der Waals surface area (Å²) in [4.78, 5) is 19.1. The minimum Gasteiger partial charge on any atom is -0.462 e. The van der Waals surface area contributed by atoms with Crippen molar-refractivity contribution in [1.29, 1.82) is 0 Å². The SMILES string of the molecule is COC(C)Oc1cnn(-c2nc3ccccc3c(=O)[nH]2)c1. The number of hydrogen-bond donors (Lipinski definition) is 1. The van der Waals surface area contributed by atoms with Gasteiger partial charge in [0.2, 0.25) is 5.95 Å². The third-order valence-electron chi connectivity index (χ3n) is 3.01. The first kappa shape index (κ1) is 13.3. The second-order valence-electron chi connectivity index (χ2n) is 4.45. The molecule has 1 unspecified atom stereocenters. The van der Waals surface area contributed by atoms with Crippen molar-refractivity contribution in [3.8, 4) is 11.7 Å². The van der Waals surface area contributed by atoms with E-state index < -0.39 is 0 Å². The van der Waals surface area contributed by atoms with Gasteiger partial charge >= 0.3 is 0 Å². The number of aromatic amines is 1. The number of H-pyrrole nitrogens is 1. The first-order valence-electron chi connectivity index (χ1n) is 6.41. The monoisotopic (exact) mass is 286 g/mol. The highest BCUT2D eigenvalue weighted by molar-refractivity contribution is 5.77. The molecule has 0 fully saturated rings. The van der Waals surface area contributed by atoms with Crippen LogP contribution in [-0.4, -0.2) is 33.1 Å². The molecule has 1 aromatic carbocycles. The number of para-hydroxylation sites is 1. The van der Waals surface area contributed by atoms with Crippen molar-refractivity contribution in [3.05, 3.63) is 47.0 Å². The predicted molar refractivity (Wildman–Crippen MR) is 76.6 cm³/mol. The zero-order chi connectivity index (χ0) is 14.8. The quantitative estimate of drug-likeness (QED) is 0.735. The fraction of sp³-hybridized carbons (Fsp3) is 0.214. The molecule has 0 aliphatic carbocycles. The molecular formula is C14H14N4O3. The van der Waals surface area contributed by atoms with E-state index in [1.807, 2.05) is 6.07 Å². The molecule has 0 radical (unpaired) electrons. The van der Waals surface area contributed by atoms with Crippen molar-refractivity contribution in [3.63, 3.8) is 0 Å². The maximum atomic E-state index is 12.0. The summed E-state index contributed by atoms with van der Waals surface area (Å²) < 4.78 is 11.9. The molecule has 0 spiro atoms. The molecule has 0 amide bonds. The molecule has 0 saturated carbocycles. The normalized spacial score (nSPS) is 12.5. The van der Waals surface area contributed by atoms with Crippen LogP contribution in [0.1, 0.15) is 6.92 Å². The van der Waals surface area contributed by atoms with Crippen molar-refractivity contribution in [1.82, 2.24) is 19.7 Å². The molecule has 7 heteroatoms. The zero-order valence-electron chi connectivity index (χ0n) is 11.6. The number of methoxy groups -OCH3 is 1. The van der Waals surface area contributed by atoms with E-state index in [1.165, 1.54) is 10.9 Å². The van der Waals surface area contributed by atoms with Gasteiger partial charge in [-0.15, -0.1) is 0 Å². The maximum absolute atomic E-state index is 12.0. The van der Waals surface area contributed by atoms with Crippen LogP contribution in [0, 0.1) is 0 Å². The van der Waals surface area contributed by atoms with Gasteiger partial charge in [0.1, 0.15) is 0 Å². The largest absolute Gasteiger partial charge is 0.462 e. The number of nitrogens with zero attached hydrogens (tertiary/aromatic N) is 3. The molecule has 0 aliphatic heterocycles. The molecule has 108 valence electrons. The number of fused-ring (bicyclic) bond motifs is 1. The number of hydrogen-bond acceptors (Lipinski definition) is 5. The Labute approximate surface area is 120 Å². The van der Waals surface area contributed by atoms with E-state index in [0.717, 1.165) is 0 Å². The van der Waals surface area contributed by atoms with E-state index in [1.54, 1.807) is 38.4 Å². The highest BCUT2D eigenvalue weighted by atomic mass is 16.7. The standard InChI is InChI=1S/C14H14N4O3/c1-9(20-2)21-10-7-15-18(8-10)14-16-12-6-4-3-5-11(12)13(19)17-14/h3-9H,1-2H3,(H,16,17,19). The predicted octanol–water partition coefficient (Wildman–Crippen LogP) is 1.48. The van der Waals surface area contributed by atoms with Crippen LogP contribution in [0.25, 0.3) is 16.9 Å². The summed E-state index contributed by atoms with van der Waals surface area (Å²) >= 11 is 0. The second kappa shape index (κ2) is 5.37. The summed E-state index contributed by atoms with van der Waals surface area (Å²) in [5.41, 5.74) is 0.401. The number of ether oxygens (including phenoxy) is 2. The minimum atomic E-state index is -0.383. The van der Waals surface area contributed by atoms with E-state index >= 15 is 0 Å². The van der Waals surface area contributed by atoms with E-state index in [2.05, 4.69) is 15.1 Å². The van der Waals surface area contributed by atoms with Gasteiger partial charge < -0.3 is 9.47 Å². The number of aromatic nitrogens is 4. The Morgan fingerprint density at radius 2 is 2.14 bits per heavy atom. The summed E-state index contributed by atoms with van der Waals surface area (Å²) in [6.45, 7) is 1.77. The van der Waals surface area contributed by atoms with E-state index in [0.29, 0.717) is 22.6 Å². The van der Waals surface area contributed by atoms with Gasteiger partial charge in [-0.1, -0.05) is 12.1 Å². The van der Waals surface area contributed by atoms with Gasteiger partial charge in [-0.2, -0.15) is 5.10 Å². The summed E-state index contributed by atoms with van der Waals surface area (Å²) in [5.74, 6) is 0.860. The highest BCUT2D eigenvalue weighted by Gasteiger charge is 2.09. The van der Waals surface area contributed by atoms with Crippen LogP contribution in [0.2, 0.25) is 0 Å². The van der Waals surface area contributed by atoms with Gasteiger partial charge in [-0.25, -0.2) is 9.67 Å². The topological polar surface area (TPSA) is 82.0 Å². The number of nitrogens with one attached hydrogen (secondary N) is 1. The molecule has 1 atom stereocenters. The lowest BCUT2D eigenvalue weighted by atomic mass is 10.2. The Hall–Kier alpha value is -2.67. The lowest BCUT2D eigenvalue weighted by Gasteiger charge is -2.09. The van der Waals surface area contributed by atoms with Gasteiger partial charge in [0.25, 0.3) is 5.56 Å². The summed E-state index contributed by atoms with van der Waals surface area (Å²) in [6.07, 6.45) is 2.78. The summed E-state index contributed by atoms with van der Waals surface area (Å²) in [7, 11) is 1.55. The second-order valence-corrected chi connectivity index (χ2v) is 4.45. The first-order chi connectivity index (χ1) is 10.2. The third kappa shape index (κ3) is 2.63. The molecule has 1 N–H and O–H groups in total. The average molecular weight is 286 g/mol. The maximum Gasteiger partial charge on any atom is 0.260 e. The third-order valence-corrected chi connectivity index (χ3v) is 3.01. The van der Waals surface area contributed by atoms with E-state index in [9.17, 15) is 4.79 Å². The summed E-state index contributed by atoms with van der Waals surface area (Å²) in [5, 5.41) is 4.66. The average Bonchev–Trinajstić information content (AvgIpc) is 2.95. The van der Waals surface area contributed by atoms with Crippen molar-refractivity contribution >= 4 is 10.9 Å². The van der Waals surface area contributed by atoms with E-state index in [-0.39, 0.29) is 11.8 Å². The van der Waals surface area contributed by atoms with Crippen LogP contribution in [0.15, 0.2) is 41.5 Å². The molecular weight excluding hydrogens is 272 g/mol. The highest BCUT2D eigenvalue weighted by Crippen LogP contribution is 2.14. The molecule has 2 heterocycles. The Bertz CT molecular complexity index is 824. The van der Waals surface area contributed by atoms with Crippen molar-refractivity contribution in [2.24, 2.45) is 0 Å². The van der Waals surface area contributed by atoms with Crippen LogP contribution in [0.3, 0.4) is 0 Å². The van der Waals surface area contributed by atoms with Crippen LogP contribution in [0.5, 0.6) is 5.75 Å². The fourth-order valence-corrected chi connectivity index (χ4v) is 1.91. The minimum absolute atomic E-state index is 0.209. The Kier molecular flexibility index (Phi) is 3.41. The molecule has 7 nitrogen and oxygen atoms in total. The number of rotatable bonds is 4. The van der Waals surface area contributed by atoms with Crippen molar-refractivity contribution in [2.45, 2.75) is 13.2 Å². The van der Waals surface area contributed by atoms with Gasteiger partial charge in [0.15, 0.2) is 12.0 Å². The Balaban J connectivity index is 1.99. The molecule has 0 aliphatic rings. The molecule has 2 aromatic heterocycles. The van der Waals surface area contributed by atoms with Gasteiger partial charge in [-0.3, -0.25) is 9.78 Å². The summed E-state index contributed by atoms with van der Waals surface area (Å²) in [6, 6.07) is 7.13. The van der Waals surface area contributed by atoms with Crippen LogP contribution >= 0.6 is 0 Å². The fourth-order valence-electron chi connectivity index (χ4n) is 1.91. The Morgan fingerprint density at radius 3 is 2.95 bits per heavy atom.